The number of non-ortho nitro benzene ring substituents is 1. The van der Waals surface area contributed by atoms with Gasteiger partial charge in [-0.1, -0.05) is 0 Å². The van der Waals surface area contributed by atoms with Gasteiger partial charge < -0.3 is 14.4 Å². The Kier molecular flexibility index (Phi) is 8.11. The van der Waals surface area contributed by atoms with Crippen molar-refractivity contribution in [3.05, 3.63) is 34.4 Å². The van der Waals surface area contributed by atoms with E-state index in [2.05, 4.69) is 0 Å². The van der Waals surface area contributed by atoms with Gasteiger partial charge in [-0.05, 0) is 52.2 Å². The Bertz CT molecular complexity index is 1110. The van der Waals surface area contributed by atoms with Crippen molar-refractivity contribution < 1.29 is 45.2 Å². The minimum atomic E-state index is -4.60. The predicted octanol–water partition coefficient (Wildman–Crippen LogP) is 4.09. The van der Waals surface area contributed by atoms with Gasteiger partial charge in [-0.15, -0.1) is 0 Å². The topological polar surface area (TPSA) is 128 Å². The Morgan fingerprint density at radius 2 is 1.76 bits per heavy atom. The van der Waals surface area contributed by atoms with E-state index in [9.17, 15) is 40.9 Å². The van der Waals surface area contributed by atoms with E-state index in [1.54, 1.807) is 20.8 Å². The highest BCUT2D eigenvalue weighted by atomic mass is 32.2. The quantitative estimate of drug-likeness (QED) is 0.318. The first-order chi connectivity index (χ1) is 16.9. The number of hydrogen-bond acceptors (Lipinski definition) is 7. The summed E-state index contributed by atoms with van der Waals surface area (Å²) in [5.41, 5.74) is -1.30. The number of piperidine rings is 1. The molecule has 3 rings (SSSR count). The number of alkyl halides is 4. The van der Waals surface area contributed by atoms with Crippen molar-refractivity contribution in [1.82, 2.24) is 9.62 Å². The van der Waals surface area contributed by atoms with Crippen LogP contribution in [0.3, 0.4) is 0 Å². The molecule has 1 saturated carbocycles. The molecule has 0 spiro atoms. The number of hydrogen-bond donors (Lipinski definition) is 1. The van der Waals surface area contributed by atoms with E-state index in [0.29, 0.717) is 0 Å². The monoisotopic (exact) mass is 555 g/mol. The van der Waals surface area contributed by atoms with Crippen LogP contribution in [-0.4, -0.2) is 73.1 Å². The zero-order valence-electron chi connectivity index (χ0n) is 20.5. The molecule has 10 nitrogen and oxygen atoms in total. The molecule has 1 aromatic rings. The van der Waals surface area contributed by atoms with E-state index in [0.717, 1.165) is 29.2 Å². The van der Waals surface area contributed by atoms with Gasteiger partial charge in [0.05, 0.1) is 22.5 Å². The van der Waals surface area contributed by atoms with E-state index in [1.165, 1.54) is 0 Å². The number of sulfonamides is 1. The Morgan fingerprint density at radius 1 is 1.14 bits per heavy atom. The summed E-state index contributed by atoms with van der Waals surface area (Å²) in [7, 11) is -4.60. The van der Waals surface area contributed by atoms with Crippen LogP contribution in [0.5, 0.6) is 0 Å². The van der Waals surface area contributed by atoms with Crippen LogP contribution in [0.4, 0.5) is 28.0 Å². The number of halogens is 4. The third-order valence-electron chi connectivity index (χ3n) is 5.99. The fraction of sp³-hybridized carbons (Fsp3) is 0.682. The fourth-order valence-electron chi connectivity index (χ4n) is 4.20. The van der Waals surface area contributed by atoms with Gasteiger partial charge in [0.2, 0.25) is 10.0 Å². The molecule has 15 heteroatoms. The van der Waals surface area contributed by atoms with Crippen LogP contribution < -0.4 is 4.72 Å². The van der Waals surface area contributed by atoms with E-state index >= 15 is 0 Å². The summed E-state index contributed by atoms with van der Waals surface area (Å²) in [5.74, 6) is -7.22. The molecule has 0 radical (unpaired) electrons. The third kappa shape index (κ3) is 7.08. The molecule has 2 aliphatic rings. The summed E-state index contributed by atoms with van der Waals surface area (Å²) in [6, 6.07) is 1.43. The van der Waals surface area contributed by atoms with Crippen LogP contribution in [0.25, 0.3) is 0 Å². The number of carbonyl (C=O) groups is 1. The molecule has 1 saturated heterocycles. The maximum atomic E-state index is 14.9. The highest BCUT2D eigenvalue weighted by molar-refractivity contribution is 7.89. The molecule has 2 fully saturated rings. The molecule has 1 amide bonds. The predicted molar refractivity (Wildman–Crippen MR) is 122 cm³/mol. The van der Waals surface area contributed by atoms with Crippen LogP contribution in [-0.2, 0) is 19.5 Å². The smallest absolute Gasteiger partial charge is 0.410 e. The summed E-state index contributed by atoms with van der Waals surface area (Å²) < 4.78 is 97.6. The first-order valence-electron chi connectivity index (χ1n) is 11.6. The molecule has 37 heavy (non-hydrogen) atoms. The SMILES string of the molecule is CC(C)(C)OC(=O)N1CC[C@H](O[C@H]2CCCC(F)(F)[C@@H]2NS(=O)(=O)c2ccc([N+](=O)[O-])cc2)C(F)(F)C1. The Labute approximate surface area is 211 Å². The number of benzene rings is 1. The third-order valence-corrected chi connectivity index (χ3v) is 7.45. The molecule has 1 aliphatic carbocycles. The molecule has 0 aromatic heterocycles. The number of rotatable bonds is 6. The number of nitro benzene ring substituents is 1. The lowest BCUT2D eigenvalue weighted by Gasteiger charge is -2.43. The Balaban J connectivity index is 1.76. The summed E-state index contributed by atoms with van der Waals surface area (Å²) >= 11 is 0. The fourth-order valence-corrected chi connectivity index (χ4v) is 5.49. The molecule has 1 heterocycles. The van der Waals surface area contributed by atoms with E-state index < -0.39 is 80.3 Å². The second-order valence-electron chi connectivity index (χ2n) is 10.1. The van der Waals surface area contributed by atoms with Gasteiger partial charge in [0, 0.05) is 25.1 Å². The molecule has 208 valence electrons. The molecule has 1 N–H and O–H groups in total. The number of nitrogens with zero attached hydrogens (tertiary/aromatic N) is 2. The number of nitrogens with one attached hydrogen (secondary N) is 1. The highest BCUT2D eigenvalue weighted by Crippen LogP contribution is 2.39. The van der Waals surface area contributed by atoms with Crippen LogP contribution in [0.15, 0.2) is 29.2 Å². The lowest BCUT2D eigenvalue weighted by atomic mass is 9.89. The molecule has 1 aliphatic heterocycles. The second kappa shape index (κ2) is 10.3. The van der Waals surface area contributed by atoms with Gasteiger partial charge in [0.15, 0.2) is 0 Å². The van der Waals surface area contributed by atoms with Gasteiger partial charge in [0.1, 0.15) is 17.7 Å². The van der Waals surface area contributed by atoms with Crippen molar-refractivity contribution in [2.45, 2.75) is 87.0 Å². The first kappa shape index (κ1) is 29.0. The van der Waals surface area contributed by atoms with Crippen molar-refractivity contribution in [3.8, 4) is 0 Å². The standard InChI is InChI=1S/C22H29F4N3O7S/c1-20(2,3)36-19(30)28-12-10-17(22(25,26)13-28)35-16-5-4-11-21(23,24)18(16)27-37(33,34)15-8-6-14(7-9-15)29(31)32/h6-9,16-18,27H,4-5,10-13H2,1-3H3/t16-,17-,18+/m0/s1. The summed E-state index contributed by atoms with van der Waals surface area (Å²) in [4.78, 5) is 22.6. The zero-order chi connectivity index (χ0) is 27.8. The molecular formula is C22H29F4N3O7S. The van der Waals surface area contributed by atoms with Gasteiger partial charge in [-0.2, -0.15) is 4.72 Å². The van der Waals surface area contributed by atoms with Gasteiger partial charge in [0.25, 0.3) is 17.5 Å². The highest BCUT2D eigenvalue weighted by Gasteiger charge is 2.54. The molecule has 0 unspecified atom stereocenters. The molecule has 3 atom stereocenters. The van der Waals surface area contributed by atoms with Crippen molar-refractivity contribution in [2.75, 3.05) is 13.1 Å². The van der Waals surface area contributed by atoms with Gasteiger partial charge in [-0.3, -0.25) is 10.1 Å². The first-order valence-corrected chi connectivity index (χ1v) is 13.1. The average Bonchev–Trinajstić information content (AvgIpc) is 2.75. The second-order valence-corrected chi connectivity index (χ2v) is 11.8. The maximum Gasteiger partial charge on any atom is 0.410 e. The summed E-state index contributed by atoms with van der Waals surface area (Å²) in [6.07, 6.45) is -5.62. The van der Waals surface area contributed by atoms with E-state index in [4.69, 9.17) is 9.47 Å². The Hall–Kier alpha value is -2.52. The van der Waals surface area contributed by atoms with Crippen LogP contribution in [0.1, 0.15) is 46.5 Å². The van der Waals surface area contributed by atoms with Crippen LogP contribution in [0.2, 0.25) is 0 Å². The van der Waals surface area contributed by atoms with Crippen molar-refractivity contribution in [2.24, 2.45) is 0 Å². The molecule has 1 aromatic carbocycles. The number of ether oxygens (including phenoxy) is 2. The van der Waals surface area contributed by atoms with Gasteiger partial charge in [-0.25, -0.2) is 30.8 Å². The number of amides is 1. The minimum absolute atomic E-state index is 0.0875. The lowest BCUT2D eigenvalue weighted by Crippen LogP contribution is -2.61. The normalized spacial score (nSPS) is 25.9. The maximum absolute atomic E-state index is 14.9. The van der Waals surface area contributed by atoms with E-state index in [-0.39, 0.29) is 25.8 Å². The molecule has 0 bridgehead atoms. The van der Waals surface area contributed by atoms with Crippen molar-refractivity contribution in [1.29, 1.82) is 0 Å². The van der Waals surface area contributed by atoms with Crippen molar-refractivity contribution in [3.63, 3.8) is 0 Å². The van der Waals surface area contributed by atoms with Gasteiger partial charge >= 0.3 is 6.09 Å². The summed E-state index contributed by atoms with van der Waals surface area (Å²) in [6.45, 7) is 3.53. The number of nitro groups is 1. The van der Waals surface area contributed by atoms with Crippen molar-refractivity contribution >= 4 is 21.8 Å². The number of carbonyl (C=O) groups excluding carboxylic acids is 1. The average molecular weight is 556 g/mol. The Morgan fingerprint density at radius 3 is 2.30 bits per heavy atom. The zero-order valence-corrected chi connectivity index (χ0v) is 21.3. The minimum Gasteiger partial charge on any atom is -0.444 e. The van der Waals surface area contributed by atoms with E-state index in [1.807, 2.05) is 4.72 Å². The lowest BCUT2D eigenvalue weighted by molar-refractivity contribution is -0.384. The largest absolute Gasteiger partial charge is 0.444 e. The molecular weight excluding hydrogens is 526 g/mol. The van der Waals surface area contributed by atoms with Crippen LogP contribution in [0, 0.1) is 10.1 Å². The van der Waals surface area contributed by atoms with Crippen LogP contribution >= 0.6 is 0 Å². The summed E-state index contributed by atoms with van der Waals surface area (Å²) in [5, 5.41) is 10.8. The number of likely N-dealkylation sites (tertiary alicyclic amines) is 1.